The molecule has 6 heteroatoms. The molecule has 0 aliphatic heterocycles. The van der Waals surface area contributed by atoms with E-state index in [9.17, 15) is 4.79 Å². The Morgan fingerprint density at radius 3 is 2.71 bits per heavy atom. The third kappa shape index (κ3) is 5.47. The van der Waals surface area contributed by atoms with Gasteiger partial charge in [-0.25, -0.2) is 0 Å². The Labute approximate surface area is 133 Å². The Balaban J connectivity index is 1.93. The van der Waals surface area contributed by atoms with Crippen LogP contribution in [-0.4, -0.2) is 21.9 Å². The van der Waals surface area contributed by atoms with Crippen molar-refractivity contribution in [2.45, 2.75) is 30.6 Å². The van der Waals surface area contributed by atoms with Crippen LogP contribution in [0.1, 0.15) is 31.9 Å². The summed E-state index contributed by atoms with van der Waals surface area (Å²) in [4.78, 5) is 12.1. The Morgan fingerprint density at radius 1 is 1.33 bits per heavy atom. The molecule has 0 fully saturated rings. The maximum absolute atomic E-state index is 12.1. The lowest BCUT2D eigenvalue weighted by atomic mass is 9.97. The van der Waals surface area contributed by atoms with Gasteiger partial charge < -0.3 is 5.32 Å². The van der Waals surface area contributed by atoms with Crippen LogP contribution in [0, 0.1) is 5.92 Å². The minimum absolute atomic E-state index is 0.0321. The number of amides is 1. The van der Waals surface area contributed by atoms with Gasteiger partial charge in [0, 0.05) is 0 Å². The number of thioether (sulfide) groups is 1. The highest BCUT2D eigenvalue weighted by Crippen LogP contribution is 2.22. The highest BCUT2D eigenvalue weighted by molar-refractivity contribution is 8.01. The summed E-state index contributed by atoms with van der Waals surface area (Å²) in [5, 5.41) is 10.8. The van der Waals surface area contributed by atoms with Gasteiger partial charge in [-0.2, -0.15) is 0 Å². The van der Waals surface area contributed by atoms with E-state index >= 15 is 0 Å². The number of benzene rings is 1. The second kappa shape index (κ2) is 8.14. The second-order valence-corrected chi connectivity index (χ2v) is 7.21. The fraction of sp³-hybridized carbons (Fsp3) is 0.400. The molecule has 1 aromatic heterocycles. The third-order valence-corrected chi connectivity index (χ3v) is 4.77. The van der Waals surface area contributed by atoms with E-state index in [1.807, 2.05) is 18.2 Å². The van der Waals surface area contributed by atoms with Crippen molar-refractivity contribution in [2.24, 2.45) is 5.92 Å². The lowest BCUT2D eigenvalue weighted by molar-refractivity contribution is -0.119. The fourth-order valence-electron chi connectivity index (χ4n) is 2.02. The number of nitrogens with zero attached hydrogens (tertiary/aromatic N) is 2. The smallest absolute Gasteiger partial charge is 0.230 e. The van der Waals surface area contributed by atoms with Crippen LogP contribution in [0.25, 0.3) is 0 Å². The van der Waals surface area contributed by atoms with E-state index in [2.05, 4.69) is 41.5 Å². The van der Waals surface area contributed by atoms with Crippen molar-refractivity contribution in [2.75, 3.05) is 5.75 Å². The molecule has 0 aliphatic carbocycles. The number of hydrogen-bond acceptors (Lipinski definition) is 5. The van der Waals surface area contributed by atoms with Gasteiger partial charge in [-0.3, -0.25) is 4.79 Å². The normalized spacial score (nSPS) is 12.3. The molecule has 21 heavy (non-hydrogen) atoms. The minimum atomic E-state index is 0.0321. The van der Waals surface area contributed by atoms with Crippen molar-refractivity contribution in [3.8, 4) is 0 Å². The summed E-state index contributed by atoms with van der Waals surface area (Å²) in [7, 11) is 0. The van der Waals surface area contributed by atoms with Crippen molar-refractivity contribution in [3.63, 3.8) is 0 Å². The van der Waals surface area contributed by atoms with Gasteiger partial charge in [0.25, 0.3) is 0 Å². The lowest BCUT2D eigenvalue weighted by Gasteiger charge is -2.21. The maximum Gasteiger partial charge on any atom is 0.230 e. The van der Waals surface area contributed by atoms with Gasteiger partial charge in [0.05, 0.1) is 11.8 Å². The van der Waals surface area contributed by atoms with E-state index in [1.54, 1.807) is 5.51 Å². The number of nitrogens with one attached hydrogen (secondary N) is 1. The van der Waals surface area contributed by atoms with Crippen molar-refractivity contribution in [3.05, 3.63) is 41.4 Å². The van der Waals surface area contributed by atoms with E-state index in [0.29, 0.717) is 11.7 Å². The van der Waals surface area contributed by atoms with Crippen LogP contribution in [-0.2, 0) is 4.79 Å². The Kier molecular flexibility index (Phi) is 6.20. The molecule has 4 nitrogen and oxygen atoms in total. The van der Waals surface area contributed by atoms with Crippen LogP contribution in [0.3, 0.4) is 0 Å². The van der Waals surface area contributed by atoms with E-state index in [1.165, 1.54) is 23.1 Å². The molecule has 0 radical (unpaired) electrons. The van der Waals surface area contributed by atoms with E-state index < -0.39 is 0 Å². The number of carbonyl (C=O) groups is 1. The molecule has 0 unspecified atom stereocenters. The van der Waals surface area contributed by atoms with Gasteiger partial charge in [-0.15, -0.1) is 10.2 Å². The van der Waals surface area contributed by atoms with Crippen molar-refractivity contribution < 1.29 is 4.79 Å². The van der Waals surface area contributed by atoms with Gasteiger partial charge in [0.1, 0.15) is 5.51 Å². The largest absolute Gasteiger partial charge is 0.349 e. The quantitative estimate of drug-likeness (QED) is 0.793. The summed E-state index contributed by atoms with van der Waals surface area (Å²) < 4.78 is 0.824. The highest BCUT2D eigenvalue weighted by Gasteiger charge is 2.16. The van der Waals surface area contributed by atoms with Crippen LogP contribution in [0.5, 0.6) is 0 Å². The molecule has 0 bridgehead atoms. The minimum Gasteiger partial charge on any atom is -0.349 e. The zero-order valence-electron chi connectivity index (χ0n) is 12.2. The summed E-state index contributed by atoms with van der Waals surface area (Å²) in [6.45, 7) is 4.33. The van der Waals surface area contributed by atoms with Gasteiger partial charge in [0.2, 0.25) is 5.91 Å². The molecule has 2 rings (SSSR count). The average Bonchev–Trinajstić information content (AvgIpc) is 2.98. The van der Waals surface area contributed by atoms with Crippen LogP contribution >= 0.6 is 23.1 Å². The molecule has 0 spiro atoms. The first-order valence-corrected chi connectivity index (χ1v) is 8.75. The Morgan fingerprint density at radius 2 is 2.10 bits per heavy atom. The van der Waals surface area contributed by atoms with Gasteiger partial charge >= 0.3 is 0 Å². The average molecular weight is 321 g/mol. The summed E-state index contributed by atoms with van der Waals surface area (Å²) in [5.74, 6) is 0.924. The first-order chi connectivity index (χ1) is 10.1. The van der Waals surface area contributed by atoms with Crippen LogP contribution in [0.15, 0.2) is 40.2 Å². The van der Waals surface area contributed by atoms with E-state index in [4.69, 9.17) is 0 Å². The predicted molar refractivity (Wildman–Crippen MR) is 87.4 cm³/mol. The third-order valence-electron chi connectivity index (χ3n) is 2.91. The highest BCUT2D eigenvalue weighted by atomic mass is 32.2. The zero-order chi connectivity index (χ0) is 15.1. The fourth-order valence-corrected chi connectivity index (χ4v) is 3.32. The maximum atomic E-state index is 12.1. The lowest BCUT2D eigenvalue weighted by Crippen LogP contribution is -2.30. The standard InChI is InChI=1S/C15H19N3OS2/c1-11(2)8-13(12-6-4-3-5-7-12)17-14(19)9-20-15-18-16-10-21-15/h3-7,10-11,13H,8-9H2,1-2H3,(H,17,19)/t13-/m1/s1. The molecular formula is C15H19N3OS2. The Hall–Kier alpha value is -1.40. The molecule has 0 saturated carbocycles. The molecule has 1 aromatic carbocycles. The summed E-state index contributed by atoms with van der Waals surface area (Å²) in [6, 6.07) is 10.2. The molecule has 1 heterocycles. The molecule has 1 amide bonds. The topological polar surface area (TPSA) is 54.9 Å². The molecule has 0 aliphatic rings. The van der Waals surface area contributed by atoms with Crippen molar-refractivity contribution in [1.82, 2.24) is 15.5 Å². The van der Waals surface area contributed by atoms with Gasteiger partial charge in [0.15, 0.2) is 4.34 Å². The summed E-state index contributed by atoms with van der Waals surface area (Å²) >= 11 is 2.88. The Bertz CT molecular complexity index is 543. The van der Waals surface area contributed by atoms with E-state index in [-0.39, 0.29) is 11.9 Å². The van der Waals surface area contributed by atoms with Crippen LogP contribution in [0.4, 0.5) is 0 Å². The molecule has 2 aromatic rings. The number of aromatic nitrogens is 2. The predicted octanol–water partition coefficient (Wildman–Crippen LogP) is 3.53. The number of rotatable bonds is 7. The molecule has 1 atom stereocenters. The van der Waals surface area contributed by atoms with Gasteiger partial charge in [-0.1, -0.05) is 67.3 Å². The monoisotopic (exact) mass is 321 g/mol. The van der Waals surface area contributed by atoms with Crippen molar-refractivity contribution >= 4 is 29.0 Å². The van der Waals surface area contributed by atoms with Crippen LogP contribution in [0.2, 0.25) is 0 Å². The number of carbonyl (C=O) groups excluding carboxylic acids is 1. The zero-order valence-corrected chi connectivity index (χ0v) is 13.8. The summed E-state index contributed by atoms with van der Waals surface area (Å²) in [6.07, 6.45) is 0.930. The number of hydrogen-bond donors (Lipinski definition) is 1. The van der Waals surface area contributed by atoms with Crippen molar-refractivity contribution in [1.29, 1.82) is 0 Å². The molecule has 112 valence electrons. The van der Waals surface area contributed by atoms with Gasteiger partial charge in [-0.05, 0) is 17.9 Å². The second-order valence-electron chi connectivity index (χ2n) is 5.15. The van der Waals surface area contributed by atoms with Crippen LogP contribution < -0.4 is 5.32 Å². The SMILES string of the molecule is CC(C)C[C@@H](NC(=O)CSc1nncs1)c1ccccc1. The molecular weight excluding hydrogens is 302 g/mol. The van der Waals surface area contributed by atoms with E-state index in [0.717, 1.165) is 16.3 Å². The first kappa shape index (κ1) is 16.0. The first-order valence-electron chi connectivity index (χ1n) is 6.88. The molecule has 0 saturated heterocycles. The summed E-state index contributed by atoms with van der Waals surface area (Å²) in [5.41, 5.74) is 2.83. The molecule has 1 N–H and O–H groups in total.